The van der Waals surface area contributed by atoms with Crippen molar-refractivity contribution < 1.29 is 19.4 Å². The number of carboxylic acids is 1. The second-order valence-corrected chi connectivity index (χ2v) is 3.83. The summed E-state index contributed by atoms with van der Waals surface area (Å²) in [5, 5.41) is 8.73. The van der Waals surface area contributed by atoms with E-state index in [1.54, 1.807) is 0 Å². The van der Waals surface area contributed by atoms with Gasteiger partial charge in [0, 0.05) is 12.8 Å². The van der Waals surface area contributed by atoms with Crippen molar-refractivity contribution in [1.29, 1.82) is 0 Å². The van der Waals surface area contributed by atoms with Crippen molar-refractivity contribution in [2.45, 2.75) is 32.3 Å². The van der Waals surface area contributed by atoms with Gasteiger partial charge in [-0.25, -0.2) is 4.79 Å². The number of ether oxygens (including phenoxy) is 1. The first-order chi connectivity index (χ1) is 6.61. The first-order valence-corrected chi connectivity index (χ1v) is 5.92. The van der Waals surface area contributed by atoms with Gasteiger partial charge in [0.15, 0.2) is 6.10 Å². The van der Waals surface area contributed by atoms with E-state index in [2.05, 4.69) is 0 Å². The van der Waals surface area contributed by atoms with Crippen LogP contribution in [0.1, 0.15) is 26.2 Å². The second-order valence-electron chi connectivity index (χ2n) is 2.85. The molecule has 82 valence electrons. The molecular weight excluding hydrogens is 204 g/mol. The van der Waals surface area contributed by atoms with Gasteiger partial charge in [0.2, 0.25) is 0 Å². The Balaban J connectivity index is 3.95. The average Bonchev–Trinajstić information content (AvgIpc) is 2.12. The molecule has 0 rings (SSSR count). The number of esters is 1. The fourth-order valence-electron chi connectivity index (χ4n) is 0.879. The lowest BCUT2D eigenvalue weighted by molar-refractivity contribution is -0.164. The highest BCUT2D eigenvalue weighted by molar-refractivity contribution is 7.98. The van der Waals surface area contributed by atoms with E-state index in [0.717, 1.165) is 0 Å². The van der Waals surface area contributed by atoms with Crippen molar-refractivity contribution in [1.82, 2.24) is 0 Å². The number of hydrogen-bond donors (Lipinski definition) is 1. The highest BCUT2D eigenvalue weighted by atomic mass is 32.2. The average molecular weight is 220 g/mol. The molecule has 5 heteroatoms. The van der Waals surface area contributed by atoms with Gasteiger partial charge in [-0.15, -0.1) is 0 Å². The van der Waals surface area contributed by atoms with Crippen LogP contribution in [-0.2, 0) is 14.3 Å². The van der Waals surface area contributed by atoms with Gasteiger partial charge >= 0.3 is 11.9 Å². The van der Waals surface area contributed by atoms with Gasteiger partial charge in [-0.1, -0.05) is 6.92 Å². The highest BCUT2D eigenvalue weighted by Gasteiger charge is 2.20. The Morgan fingerprint density at radius 2 is 2.14 bits per heavy atom. The van der Waals surface area contributed by atoms with Crippen LogP contribution in [0.4, 0.5) is 0 Å². The molecule has 0 spiro atoms. The Kier molecular flexibility index (Phi) is 7.28. The topological polar surface area (TPSA) is 63.6 Å². The molecule has 0 saturated heterocycles. The van der Waals surface area contributed by atoms with E-state index >= 15 is 0 Å². The number of carboxylic acid groups (broad SMARTS) is 1. The SMILES string of the molecule is CCCC(=O)OC(CCSC)C(=O)O. The minimum absolute atomic E-state index is 0.281. The van der Waals surface area contributed by atoms with E-state index in [9.17, 15) is 9.59 Å². The zero-order chi connectivity index (χ0) is 11.0. The monoisotopic (exact) mass is 220 g/mol. The van der Waals surface area contributed by atoms with E-state index in [1.807, 2.05) is 13.2 Å². The third-order valence-electron chi connectivity index (χ3n) is 1.59. The maximum absolute atomic E-state index is 11.0. The minimum Gasteiger partial charge on any atom is -0.479 e. The van der Waals surface area contributed by atoms with Gasteiger partial charge in [0.1, 0.15) is 0 Å². The summed E-state index contributed by atoms with van der Waals surface area (Å²) in [4.78, 5) is 21.7. The Morgan fingerprint density at radius 3 is 2.57 bits per heavy atom. The summed E-state index contributed by atoms with van der Waals surface area (Å²) < 4.78 is 4.80. The Labute approximate surface area is 88.0 Å². The summed E-state index contributed by atoms with van der Waals surface area (Å²) in [5.74, 6) is -0.819. The zero-order valence-corrected chi connectivity index (χ0v) is 9.30. The van der Waals surface area contributed by atoms with Crippen LogP contribution in [0.5, 0.6) is 0 Å². The summed E-state index contributed by atoms with van der Waals surface area (Å²) in [6.07, 6.45) is 2.22. The molecular formula is C9H16O4S. The molecule has 0 aromatic rings. The van der Waals surface area contributed by atoms with Crippen molar-refractivity contribution >= 4 is 23.7 Å². The fraction of sp³-hybridized carbons (Fsp3) is 0.778. The van der Waals surface area contributed by atoms with Crippen LogP contribution in [-0.4, -0.2) is 35.2 Å². The largest absolute Gasteiger partial charge is 0.479 e. The number of carbonyl (C=O) groups excluding carboxylic acids is 1. The first-order valence-electron chi connectivity index (χ1n) is 4.53. The standard InChI is InChI=1S/C9H16O4S/c1-3-4-8(10)13-7(9(11)12)5-6-14-2/h7H,3-6H2,1-2H3,(H,11,12). The predicted molar refractivity (Wildman–Crippen MR) is 55.4 cm³/mol. The molecule has 0 aromatic carbocycles. The Morgan fingerprint density at radius 1 is 1.50 bits per heavy atom. The molecule has 0 fully saturated rings. The zero-order valence-electron chi connectivity index (χ0n) is 8.49. The molecule has 14 heavy (non-hydrogen) atoms. The van der Waals surface area contributed by atoms with Crippen molar-refractivity contribution in [3.63, 3.8) is 0 Å². The highest BCUT2D eigenvalue weighted by Crippen LogP contribution is 2.06. The summed E-state index contributed by atoms with van der Waals surface area (Å²) in [7, 11) is 0. The van der Waals surface area contributed by atoms with Gasteiger partial charge < -0.3 is 9.84 Å². The molecule has 0 saturated carbocycles. The van der Waals surface area contributed by atoms with Crippen LogP contribution < -0.4 is 0 Å². The number of rotatable bonds is 7. The summed E-state index contributed by atoms with van der Waals surface area (Å²) >= 11 is 1.53. The molecule has 0 bridgehead atoms. The summed E-state index contributed by atoms with van der Waals surface area (Å²) in [6, 6.07) is 0. The van der Waals surface area contributed by atoms with E-state index in [0.29, 0.717) is 18.6 Å². The van der Waals surface area contributed by atoms with Crippen LogP contribution in [0.3, 0.4) is 0 Å². The quantitative estimate of drug-likeness (QED) is 0.659. The number of carbonyl (C=O) groups is 2. The molecule has 1 unspecified atom stereocenters. The molecule has 0 aliphatic rings. The molecule has 0 radical (unpaired) electrons. The third kappa shape index (κ3) is 5.85. The summed E-state index contributed by atoms with van der Waals surface area (Å²) in [6.45, 7) is 1.85. The fourth-order valence-corrected chi connectivity index (χ4v) is 1.33. The maximum Gasteiger partial charge on any atom is 0.345 e. The Hall–Kier alpha value is -0.710. The van der Waals surface area contributed by atoms with E-state index in [1.165, 1.54) is 11.8 Å². The molecule has 0 heterocycles. The smallest absolute Gasteiger partial charge is 0.345 e. The van der Waals surface area contributed by atoms with Crippen molar-refractivity contribution in [2.24, 2.45) is 0 Å². The van der Waals surface area contributed by atoms with Crippen LogP contribution >= 0.6 is 11.8 Å². The van der Waals surface area contributed by atoms with Gasteiger partial charge in [0.05, 0.1) is 0 Å². The number of thioether (sulfide) groups is 1. The van der Waals surface area contributed by atoms with E-state index < -0.39 is 18.0 Å². The lowest BCUT2D eigenvalue weighted by atomic mass is 10.3. The molecule has 0 amide bonds. The Bertz CT molecular complexity index is 193. The van der Waals surface area contributed by atoms with Gasteiger partial charge in [-0.3, -0.25) is 4.79 Å². The number of aliphatic carboxylic acids is 1. The van der Waals surface area contributed by atoms with E-state index in [-0.39, 0.29) is 6.42 Å². The van der Waals surface area contributed by atoms with E-state index in [4.69, 9.17) is 9.84 Å². The number of hydrogen-bond acceptors (Lipinski definition) is 4. The molecule has 0 aliphatic carbocycles. The normalized spacial score (nSPS) is 12.1. The summed E-state index contributed by atoms with van der Waals surface area (Å²) in [5.41, 5.74) is 0. The minimum atomic E-state index is -1.07. The van der Waals surface area contributed by atoms with Crippen LogP contribution in [0.15, 0.2) is 0 Å². The van der Waals surface area contributed by atoms with Crippen LogP contribution in [0.25, 0.3) is 0 Å². The molecule has 1 N–H and O–H groups in total. The molecule has 0 aromatic heterocycles. The van der Waals surface area contributed by atoms with Gasteiger partial charge in [-0.05, 0) is 18.4 Å². The molecule has 4 nitrogen and oxygen atoms in total. The van der Waals surface area contributed by atoms with Crippen molar-refractivity contribution in [3.8, 4) is 0 Å². The van der Waals surface area contributed by atoms with Crippen LogP contribution in [0, 0.1) is 0 Å². The lowest BCUT2D eigenvalue weighted by Gasteiger charge is -2.12. The molecule has 1 atom stereocenters. The third-order valence-corrected chi connectivity index (χ3v) is 2.23. The van der Waals surface area contributed by atoms with Crippen LogP contribution in [0.2, 0.25) is 0 Å². The van der Waals surface area contributed by atoms with Crippen molar-refractivity contribution in [3.05, 3.63) is 0 Å². The van der Waals surface area contributed by atoms with Crippen molar-refractivity contribution in [2.75, 3.05) is 12.0 Å². The van der Waals surface area contributed by atoms with Gasteiger partial charge in [0.25, 0.3) is 0 Å². The first kappa shape index (κ1) is 13.3. The molecule has 0 aliphatic heterocycles. The maximum atomic E-state index is 11.0. The second kappa shape index (κ2) is 7.67. The predicted octanol–water partition coefficient (Wildman–Crippen LogP) is 1.54. The lowest BCUT2D eigenvalue weighted by Crippen LogP contribution is -2.27. The van der Waals surface area contributed by atoms with Gasteiger partial charge in [-0.2, -0.15) is 11.8 Å².